The third-order valence-corrected chi connectivity index (χ3v) is 3.23. The van der Waals surface area contributed by atoms with Crippen LogP contribution in [-0.2, 0) is 9.53 Å². The first-order chi connectivity index (χ1) is 9.49. The molecule has 0 saturated carbocycles. The van der Waals surface area contributed by atoms with Gasteiger partial charge in [-0.25, -0.2) is 0 Å². The Labute approximate surface area is 120 Å². The van der Waals surface area contributed by atoms with Gasteiger partial charge in [-0.1, -0.05) is 19.1 Å². The van der Waals surface area contributed by atoms with Gasteiger partial charge in [-0.2, -0.15) is 0 Å². The van der Waals surface area contributed by atoms with Crippen molar-refractivity contribution in [1.82, 2.24) is 5.32 Å². The number of rotatable bonds is 7. The van der Waals surface area contributed by atoms with Crippen molar-refractivity contribution in [3.8, 4) is 0 Å². The number of esters is 1. The SMILES string of the molecule is CCNC(CC(=O)OCC)C(=O)c1ccc(C)c(C)c1. The molecule has 0 bridgehead atoms. The van der Waals surface area contributed by atoms with Crippen molar-refractivity contribution in [1.29, 1.82) is 0 Å². The molecule has 1 atom stereocenters. The first-order valence-corrected chi connectivity index (χ1v) is 7.00. The van der Waals surface area contributed by atoms with Gasteiger partial charge in [-0.15, -0.1) is 0 Å². The molecule has 1 unspecified atom stereocenters. The zero-order chi connectivity index (χ0) is 15.1. The maximum Gasteiger partial charge on any atom is 0.307 e. The Morgan fingerprint density at radius 2 is 1.90 bits per heavy atom. The Morgan fingerprint density at radius 1 is 1.20 bits per heavy atom. The molecular formula is C16H23NO3. The summed E-state index contributed by atoms with van der Waals surface area (Å²) in [6.45, 7) is 8.59. The molecular weight excluding hydrogens is 254 g/mol. The fourth-order valence-corrected chi connectivity index (χ4v) is 1.99. The van der Waals surface area contributed by atoms with Gasteiger partial charge in [0.05, 0.1) is 19.1 Å². The first kappa shape index (κ1) is 16.4. The van der Waals surface area contributed by atoms with Crippen molar-refractivity contribution in [3.05, 3.63) is 34.9 Å². The second kappa shape index (κ2) is 7.80. The highest BCUT2D eigenvalue weighted by Gasteiger charge is 2.23. The van der Waals surface area contributed by atoms with E-state index in [0.29, 0.717) is 18.7 Å². The van der Waals surface area contributed by atoms with E-state index in [-0.39, 0.29) is 18.2 Å². The Morgan fingerprint density at radius 3 is 2.45 bits per heavy atom. The van der Waals surface area contributed by atoms with Crippen molar-refractivity contribution >= 4 is 11.8 Å². The second-order valence-corrected chi connectivity index (χ2v) is 4.78. The molecule has 20 heavy (non-hydrogen) atoms. The van der Waals surface area contributed by atoms with E-state index in [9.17, 15) is 9.59 Å². The van der Waals surface area contributed by atoms with Crippen molar-refractivity contribution in [2.24, 2.45) is 0 Å². The number of ketones is 1. The van der Waals surface area contributed by atoms with Crippen molar-refractivity contribution in [2.75, 3.05) is 13.2 Å². The summed E-state index contributed by atoms with van der Waals surface area (Å²) in [5.74, 6) is -0.418. The van der Waals surface area contributed by atoms with Crippen LogP contribution < -0.4 is 5.32 Å². The molecule has 0 aliphatic rings. The zero-order valence-electron chi connectivity index (χ0n) is 12.7. The number of Topliss-reactive ketones (excluding diaryl/α,β-unsaturated/α-hetero) is 1. The van der Waals surface area contributed by atoms with Crippen molar-refractivity contribution in [2.45, 2.75) is 40.2 Å². The second-order valence-electron chi connectivity index (χ2n) is 4.78. The van der Waals surface area contributed by atoms with Crippen LogP contribution in [0.25, 0.3) is 0 Å². The van der Waals surface area contributed by atoms with Gasteiger partial charge in [0.25, 0.3) is 0 Å². The van der Waals surface area contributed by atoms with E-state index in [1.165, 1.54) is 0 Å². The van der Waals surface area contributed by atoms with E-state index in [2.05, 4.69) is 5.32 Å². The summed E-state index contributed by atoms with van der Waals surface area (Å²) < 4.78 is 4.92. The van der Waals surface area contributed by atoms with Gasteiger partial charge in [0, 0.05) is 5.56 Å². The molecule has 1 aromatic rings. The lowest BCUT2D eigenvalue weighted by atomic mass is 9.98. The van der Waals surface area contributed by atoms with Crippen LogP contribution in [0.1, 0.15) is 41.8 Å². The number of benzene rings is 1. The summed E-state index contributed by atoms with van der Waals surface area (Å²) >= 11 is 0. The van der Waals surface area contributed by atoms with E-state index in [4.69, 9.17) is 4.74 Å². The van der Waals surface area contributed by atoms with E-state index in [1.54, 1.807) is 13.0 Å². The van der Waals surface area contributed by atoms with E-state index >= 15 is 0 Å². The lowest BCUT2D eigenvalue weighted by Crippen LogP contribution is -2.39. The number of carbonyl (C=O) groups excluding carboxylic acids is 2. The van der Waals surface area contributed by atoms with Crippen molar-refractivity contribution in [3.63, 3.8) is 0 Å². The molecule has 0 radical (unpaired) electrons. The molecule has 0 amide bonds. The lowest BCUT2D eigenvalue weighted by molar-refractivity contribution is -0.143. The molecule has 110 valence electrons. The molecule has 0 spiro atoms. The van der Waals surface area contributed by atoms with Gasteiger partial charge < -0.3 is 10.1 Å². The molecule has 0 aliphatic heterocycles. The minimum Gasteiger partial charge on any atom is -0.466 e. The predicted molar refractivity (Wildman–Crippen MR) is 79.0 cm³/mol. The first-order valence-electron chi connectivity index (χ1n) is 7.00. The third kappa shape index (κ3) is 4.46. The normalized spacial score (nSPS) is 12.0. The van der Waals surface area contributed by atoms with Crippen LogP contribution >= 0.6 is 0 Å². The molecule has 1 aromatic carbocycles. The molecule has 4 nitrogen and oxygen atoms in total. The quantitative estimate of drug-likeness (QED) is 0.614. The minimum atomic E-state index is -0.527. The van der Waals surface area contributed by atoms with Crippen LogP contribution in [0.2, 0.25) is 0 Å². The summed E-state index contributed by atoms with van der Waals surface area (Å²) in [6, 6.07) is 5.07. The molecule has 1 N–H and O–H groups in total. The molecule has 4 heteroatoms. The van der Waals surface area contributed by atoms with Crippen LogP contribution in [-0.4, -0.2) is 30.9 Å². The highest BCUT2D eigenvalue weighted by molar-refractivity contribution is 6.02. The van der Waals surface area contributed by atoms with E-state index in [0.717, 1.165) is 11.1 Å². The molecule has 0 fully saturated rings. The monoisotopic (exact) mass is 277 g/mol. The maximum absolute atomic E-state index is 12.5. The van der Waals surface area contributed by atoms with Crippen molar-refractivity contribution < 1.29 is 14.3 Å². The summed E-state index contributed by atoms with van der Waals surface area (Å²) in [4.78, 5) is 24.0. The predicted octanol–water partition coefficient (Wildman–Crippen LogP) is 2.42. The standard InChI is InChI=1S/C16H23NO3/c1-5-17-14(10-15(18)20-6-2)16(19)13-8-7-11(3)12(4)9-13/h7-9,14,17H,5-6,10H2,1-4H3. The molecule has 0 heterocycles. The Hall–Kier alpha value is -1.68. The third-order valence-electron chi connectivity index (χ3n) is 3.23. The topological polar surface area (TPSA) is 55.4 Å². The average Bonchev–Trinajstić information content (AvgIpc) is 2.41. The number of hydrogen-bond donors (Lipinski definition) is 1. The number of likely N-dealkylation sites (N-methyl/N-ethyl adjacent to an activating group) is 1. The smallest absolute Gasteiger partial charge is 0.307 e. The molecule has 0 aromatic heterocycles. The highest BCUT2D eigenvalue weighted by Crippen LogP contribution is 2.13. The number of hydrogen-bond acceptors (Lipinski definition) is 4. The molecule has 0 aliphatic carbocycles. The van der Waals surface area contributed by atoms with Gasteiger partial charge in [-0.3, -0.25) is 9.59 Å². The van der Waals surface area contributed by atoms with E-state index < -0.39 is 6.04 Å². The number of carbonyl (C=O) groups is 2. The van der Waals surface area contributed by atoms with Crippen LogP contribution in [0, 0.1) is 13.8 Å². The summed E-state index contributed by atoms with van der Waals surface area (Å²) in [5, 5.41) is 3.05. The fourth-order valence-electron chi connectivity index (χ4n) is 1.99. The number of aryl methyl sites for hydroxylation is 2. The van der Waals surface area contributed by atoms with Gasteiger partial charge in [0.2, 0.25) is 0 Å². The highest BCUT2D eigenvalue weighted by atomic mass is 16.5. The van der Waals surface area contributed by atoms with Gasteiger partial charge in [0.1, 0.15) is 0 Å². The van der Waals surface area contributed by atoms with Crippen LogP contribution in [0.5, 0.6) is 0 Å². The average molecular weight is 277 g/mol. The van der Waals surface area contributed by atoms with Gasteiger partial charge in [-0.05, 0) is 44.5 Å². The fraction of sp³-hybridized carbons (Fsp3) is 0.500. The Kier molecular flexibility index (Phi) is 6.39. The minimum absolute atomic E-state index is 0.0629. The summed E-state index contributed by atoms with van der Waals surface area (Å²) in [7, 11) is 0. The number of ether oxygens (including phenoxy) is 1. The van der Waals surface area contributed by atoms with Gasteiger partial charge >= 0.3 is 5.97 Å². The van der Waals surface area contributed by atoms with E-state index in [1.807, 2.05) is 32.9 Å². The molecule has 1 rings (SSSR count). The zero-order valence-corrected chi connectivity index (χ0v) is 12.7. The lowest BCUT2D eigenvalue weighted by Gasteiger charge is -2.16. The van der Waals surface area contributed by atoms with Gasteiger partial charge in [0.15, 0.2) is 5.78 Å². The van der Waals surface area contributed by atoms with Crippen LogP contribution in [0.4, 0.5) is 0 Å². The Balaban J connectivity index is 2.87. The Bertz CT molecular complexity index is 483. The van der Waals surface area contributed by atoms with Crippen LogP contribution in [0.3, 0.4) is 0 Å². The summed E-state index contributed by atoms with van der Waals surface area (Å²) in [5.41, 5.74) is 2.84. The maximum atomic E-state index is 12.5. The summed E-state index contributed by atoms with van der Waals surface area (Å²) in [6.07, 6.45) is 0.0629. The van der Waals surface area contributed by atoms with Crippen LogP contribution in [0.15, 0.2) is 18.2 Å². The number of nitrogens with one attached hydrogen (secondary N) is 1. The largest absolute Gasteiger partial charge is 0.466 e. The molecule has 0 saturated heterocycles.